The molecule has 0 spiro atoms. The maximum atomic E-state index is 13.8. The second kappa shape index (κ2) is 6.04. The lowest BCUT2D eigenvalue weighted by Crippen LogP contribution is -2.40. The molecular weight excluding hydrogens is 289 g/mol. The van der Waals surface area contributed by atoms with Gasteiger partial charge in [-0.15, -0.1) is 0 Å². The Bertz CT molecular complexity index is 596. The molecule has 2 heterocycles. The van der Waals surface area contributed by atoms with Crippen LogP contribution in [0.4, 0.5) is 4.39 Å². The molecule has 0 amide bonds. The van der Waals surface area contributed by atoms with Gasteiger partial charge in [0.1, 0.15) is 11.9 Å². The summed E-state index contributed by atoms with van der Waals surface area (Å²) in [5.41, 5.74) is 0.125. The quantitative estimate of drug-likeness (QED) is 0.928. The molecule has 2 aliphatic rings. The van der Waals surface area contributed by atoms with Crippen molar-refractivity contribution in [3.05, 3.63) is 35.6 Å². The SMILES string of the molecule is O=C(O)C1(CC2CC(c3ccccc3F)=NO2)CCOCC1. The lowest BCUT2D eigenvalue weighted by atomic mass is 9.75. The third-order valence-electron chi connectivity index (χ3n) is 4.44. The van der Waals surface area contributed by atoms with E-state index in [9.17, 15) is 14.3 Å². The van der Waals surface area contributed by atoms with Gasteiger partial charge in [0.05, 0.1) is 11.1 Å². The molecule has 0 saturated carbocycles. The minimum Gasteiger partial charge on any atom is -0.481 e. The van der Waals surface area contributed by atoms with Crippen molar-refractivity contribution < 1.29 is 23.9 Å². The number of rotatable bonds is 4. The molecule has 118 valence electrons. The summed E-state index contributed by atoms with van der Waals surface area (Å²) in [5, 5.41) is 13.5. The highest BCUT2D eigenvalue weighted by atomic mass is 19.1. The van der Waals surface area contributed by atoms with E-state index in [2.05, 4.69) is 5.16 Å². The fourth-order valence-corrected chi connectivity index (χ4v) is 3.10. The van der Waals surface area contributed by atoms with E-state index in [1.165, 1.54) is 6.07 Å². The molecule has 5 nitrogen and oxygen atoms in total. The molecule has 0 bridgehead atoms. The van der Waals surface area contributed by atoms with Crippen LogP contribution in [0.15, 0.2) is 29.4 Å². The summed E-state index contributed by atoms with van der Waals surface area (Å²) in [5.74, 6) is -1.16. The molecule has 0 aliphatic carbocycles. The number of benzene rings is 1. The van der Waals surface area contributed by atoms with Gasteiger partial charge in [-0.25, -0.2) is 4.39 Å². The third-order valence-corrected chi connectivity index (χ3v) is 4.44. The summed E-state index contributed by atoms with van der Waals surface area (Å²) < 4.78 is 19.0. The predicted octanol–water partition coefficient (Wildman–Crippen LogP) is 2.59. The highest BCUT2D eigenvalue weighted by Gasteiger charge is 2.44. The molecule has 3 rings (SSSR count). The first-order chi connectivity index (χ1) is 10.6. The van der Waals surface area contributed by atoms with Crippen LogP contribution in [0.25, 0.3) is 0 Å². The molecule has 22 heavy (non-hydrogen) atoms. The Morgan fingerprint density at radius 1 is 1.36 bits per heavy atom. The van der Waals surface area contributed by atoms with Crippen LogP contribution in [0.3, 0.4) is 0 Å². The largest absolute Gasteiger partial charge is 0.481 e. The molecule has 1 unspecified atom stereocenters. The fourth-order valence-electron chi connectivity index (χ4n) is 3.10. The number of ether oxygens (including phenoxy) is 1. The highest BCUT2D eigenvalue weighted by Crippen LogP contribution is 2.38. The summed E-state index contributed by atoms with van der Waals surface area (Å²) in [7, 11) is 0. The molecule has 2 aliphatic heterocycles. The number of carboxylic acids is 1. The first-order valence-corrected chi connectivity index (χ1v) is 7.39. The van der Waals surface area contributed by atoms with Crippen molar-refractivity contribution >= 4 is 11.7 Å². The number of aliphatic carboxylic acids is 1. The minimum absolute atomic E-state index is 0.330. The smallest absolute Gasteiger partial charge is 0.309 e. The van der Waals surface area contributed by atoms with Crippen LogP contribution in [0.5, 0.6) is 0 Å². The zero-order valence-electron chi connectivity index (χ0n) is 12.1. The van der Waals surface area contributed by atoms with E-state index < -0.39 is 11.4 Å². The molecule has 1 aromatic carbocycles. The first kappa shape index (κ1) is 15.0. The number of nitrogens with zero attached hydrogens (tertiary/aromatic N) is 1. The van der Waals surface area contributed by atoms with E-state index in [-0.39, 0.29) is 11.9 Å². The van der Waals surface area contributed by atoms with E-state index in [1.807, 2.05) is 0 Å². The number of oxime groups is 1. The van der Waals surface area contributed by atoms with Crippen LogP contribution in [0.1, 0.15) is 31.2 Å². The zero-order chi connectivity index (χ0) is 15.6. The van der Waals surface area contributed by atoms with Crippen LogP contribution in [-0.4, -0.2) is 36.1 Å². The number of carboxylic acid groups (broad SMARTS) is 1. The topological polar surface area (TPSA) is 68.1 Å². The monoisotopic (exact) mass is 307 g/mol. The van der Waals surface area contributed by atoms with Gasteiger partial charge < -0.3 is 14.7 Å². The summed E-state index contributed by atoms with van der Waals surface area (Å²) in [4.78, 5) is 17.0. The zero-order valence-corrected chi connectivity index (χ0v) is 12.1. The van der Waals surface area contributed by atoms with Crippen LogP contribution >= 0.6 is 0 Å². The molecule has 1 atom stereocenters. The summed E-state index contributed by atoms with van der Waals surface area (Å²) >= 11 is 0. The maximum absolute atomic E-state index is 13.8. The van der Waals surface area contributed by atoms with E-state index in [4.69, 9.17) is 9.57 Å². The van der Waals surface area contributed by atoms with Gasteiger partial charge in [-0.2, -0.15) is 0 Å². The van der Waals surface area contributed by atoms with Crippen LogP contribution < -0.4 is 0 Å². The maximum Gasteiger partial charge on any atom is 0.309 e. The molecule has 1 aromatic rings. The lowest BCUT2D eigenvalue weighted by Gasteiger charge is -2.34. The van der Waals surface area contributed by atoms with Gasteiger partial charge in [-0.1, -0.05) is 23.4 Å². The highest BCUT2D eigenvalue weighted by molar-refractivity contribution is 6.01. The number of hydrogen-bond donors (Lipinski definition) is 1. The van der Waals surface area contributed by atoms with Crippen molar-refractivity contribution in [1.82, 2.24) is 0 Å². The Labute approximate surface area is 127 Å². The van der Waals surface area contributed by atoms with Crippen molar-refractivity contribution in [2.45, 2.75) is 31.8 Å². The van der Waals surface area contributed by atoms with E-state index in [0.717, 1.165) is 0 Å². The summed E-state index contributed by atoms with van der Waals surface area (Å²) in [6.07, 6.45) is 1.40. The average Bonchev–Trinajstić information content (AvgIpc) is 2.96. The fraction of sp³-hybridized carbons (Fsp3) is 0.500. The van der Waals surface area contributed by atoms with Crippen molar-refractivity contribution in [3.63, 3.8) is 0 Å². The van der Waals surface area contributed by atoms with E-state index in [0.29, 0.717) is 50.2 Å². The summed E-state index contributed by atoms with van der Waals surface area (Å²) in [6, 6.07) is 6.39. The van der Waals surface area contributed by atoms with Gasteiger partial charge in [0.2, 0.25) is 0 Å². The standard InChI is InChI=1S/C16H18FNO4/c17-13-4-2-1-3-12(13)14-9-11(22-18-14)10-16(15(19)20)5-7-21-8-6-16/h1-4,11H,5-10H2,(H,19,20). The van der Waals surface area contributed by atoms with E-state index >= 15 is 0 Å². The van der Waals surface area contributed by atoms with Crippen LogP contribution in [-0.2, 0) is 14.4 Å². The molecule has 1 N–H and O–H groups in total. The number of carbonyl (C=O) groups is 1. The molecule has 0 aromatic heterocycles. The van der Waals surface area contributed by atoms with Gasteiger partial charge in [0, 0.05) is 31.6 Å². The Morgan fingerprint density at radius 3 is 2.77 bits per heavy atom. The Hall–Kier alpha value is -1.95. The summed E-state index contributed by atoms with van der Waals surface area (Å²) in [6.45, 7) is 0.889. The number of halogens is 1. The Balaban J connectivity index is 1.69. The van der Waals surface area contributed by atoms with Crippen LogP contribution in [0, 0.1) is 11.2 Å². The molecule has 1 saturated heterocycles. The van der Waals surface area contributed by atoms with Gasteiger partial charge in [0.25, 0.3) is 0 Å². The van der Waals surface area contributed by atoms with Gasteiger partial charge >= 0.3 is 5.97 Å². The second-order valence-corrected chi connectivity index (χ2v) is 5.85. The van der Waals surface area contributed by atoms with Crippen molar-refractivity contribution in [1.29, 1.82) is 0 Å². The molecule has 1 fully saturated rings. The Morgan fingerprint density at radius 2 is 2.09 bits per heavy atom. The van der Waals surface area contributed by atoms with Gasteiger partial charge in [0.15, 0.2) is 0 Å². The number of hydrogen-bond acceptors (Lipinski definition) is 4. The van der Waals surface area contributed by atoms with Crippen molar-refractivity contribution in [3.8, 4) is 0 Å². The van der Waals surface area contributed by atoms with Gasteiger partial charge in [-0.3, -0.25) is 4.79 Å². The lowest BCUT2D eigenvalue weighted by molar-refractivity contribution is -0.158. The average molecular weight is 307 g/mol. The van der Waals surface area contributed by atoms with Crippen molar-refractivity contribution in [2.24, 2.45) is 10.6 Å². The molecule has 6 heteroatoms. The minimum atomic E-state index is -0.830. The first-order valence-electron chi connectivity index (χ1n) is 7.39. The third kappa shape index (κ3) is 2.83. The Kier molecular flexibility index (Phi) is 4.11. The van der Waals surface area contributed by atoms with Gasteiger partial charge in [-0.05, 0) is 18.9 Å². The normalized spacial score (nSPS) is 23.7. The van der Waals surface area contributed by atoms with Crippen molar-refractivity contribution in [2.75, 3.05) is 13.2 Å². The van der Waals surface area contributed by atoms with E-state index in [1.54, 1.807) is 18.2 Å². The van der Waals surface area contributed by atoms with Crippen LogP contribution in [0.2, 0.25) is 0 Å². The predicted molar refractivity (Wildman–Crippen MR) is 77.2 cm³/mol. The molecular formula is C16H18FNO4. The second-order valence-electron chi connectivity index (χ2n) is 5.85. The molecule has 0 radical (unpaired) electrons.